The van der Waals surface area contributed by atoms with Crippen LogP contribution in [0.3, 0.4) is 0 Å². The van der Waals surface area contributed by atoms with Crippen molar-refractivity contribution >= 4 is 62.5 Å². The second kappa shape index (κ2) is 10.3. The number of benzene rings is 2. The van der Waals surface area contributed by atoms with Crippen LogP contribution in [0.5, 0.6) is 5.75 Å². The number of likely N-dealkylation sites (N-methyl/N-ethyl adjacent to an activating group) is 1. The van der Waals surface area contributed by atoms with Crippen LogP contribution in [0, 0.1) is 0 Å². The maximum absolute atomic E-state index is 13.4. The quantitative estimate of drug-likeness (QED) is 0.473. The smallest absolute Gasteiger partial charge is 0.260 e. The highest BCUT2D eigenvalue weighted by atomic mass is 35.5. The second-order valence-electron chi connectivity index (χ2n) is 7.76. The summed E-state index contributed by atoms with van der Waals surface area (Å²) < 4.78 is 6.23. The van der Waals surface area contributed by atoms with E-state index < -0.39 is 0 Å². The van der Waals surface area contributed by atoms with Crippen molar-refractivity contribution in [1.82, 2.24) is 9.88 Å². The fourth-order valence-corrected chi connectivity index (χ4v) is 4.51. The van der Waals surface area contributed by atoms with Gasteiger partial charge in [-0.15, -0.1) is 12.4 Å². The molecule has 0 spiro atoms. The zero-order valence-corrected chi connectivity index (χ0v) is 20.2. The van der Waals surface area contributed by atoms with Crippen molar-refractivity contribution in [2.45, 2.75) is 12.8 Å². The van der Waals surface area contributed by atoms with E-state index in [-0.39, 0.29) is 43.0 Å². The summed E-state index contributed by atoms with van der Waals surface area (Å²) in [5.74, 6) is 0.113. The van der Waals surface area contributed by atoms with E-state index >= 15 is 0 Å². The first kappa shape index (κ1) is 24.6. The lowest BCUT2D eigenvalue weighted by molar-refractivity contribution is -0.121. The second-order valence-corrected chi connectivity index (χ2v) is 8.77. The molecule has 0 aliphatic carbocycles. The van der Waals surface area contributed by atoms with Gasteiger partial charge in [-0.2, -0.15) is 0 Å². The third-order valence-electron chi connectivity index (χ3n) is 5.26. The number of hydrogen-bond acceptors (Lipinski definition) is 7. The third-order valence-corrected chi connectivity index (χ3v) is 6.30. The summed E-state index contributed by atoms with van der Waals surface area (Å²) in [4.78, 5) is 46.9. The van der Waals surface area contributed by atoms with Crippen LogP contribution in [0.15, 0.2) is 42.5 Å². The number of anilines is 2. The molecule has 33 heavy (non-hydrogen) atoms. The molecule has 3 amide bonds. The van der Waals surface area contributed by atoms with Gasteiger partial charge in [0.05, 0.1) is 23.0 Å². The number of aromatic nitrogens is 1. The predicted octanol–water partition coefficient (Wildman–Crippen LogP) is 3.59. The van der Waals surface area contributed by atoms with Crippen molar-refractivity contribution in [3.63, 3.8) is 0 Å². The molecule has 1 aliphatic rings. The Hall–Kier alpha value is -3.01. The Balaban J connectivity index is 0.00000306. The molecule has 2 aromatic carbocycles. The van der Waals surface area contributed by atoms with Crippen molar-refractivity contribution in [1.29, 1.82) is 0 Å². The monoisotopic (exact) mass is 488 g/mol. The van der Waals surface area contributed by atoms with E-state index in [0.717, 1.165) is 16.0 Å². The highest BCUT2D eigenvalue weighted by Gasteiger charge is 2.30. The van der Waals surface area contributed by atoms with Crippen LogP contribution >= 0.6 is 23.7 Å². The molecule has 0 saturated carbocycles. The Morgan fingerprint density at radius 3 is 2.33 bits per heavy atom. The summed E-state index contributed by atoms with van der Waals surface area (Å²) in [6.45, 7) is 1.13. The summed E-state index contributed by atoms with van der Waals surface area (Å²) >= 11 is 1.43. The average Bonchev–Trinajstić information content (AvgIpc) is 3.35. The lowest BCUT2D eigenvalue weighted by Gasteiger charge is -2.22. The number of nitrogens with zero attached hydrogens (tertiary/aromatic N) is 4. The van der Waals surface area contributed by atoms with E-state index in [1.54, 1.807) is 36.3 Å². The minimum absolute atomic E-state index is 0. The summed E-state index contributed by atoms with van der Waals surface area (Å²) in [7, 11) is 5.51. The molecule has 1 saturated heterocycles. The van der Waals surface area contributed by atoms with Crippen molar-refractivity contribution in [3.8, 4) is 5.75 Å². The van der Waals surface area contributed by atoms with Crippen LogP contribution in [0.25, 0.3) is 10.2 Å². The lowest BCUT2D eigenvalue weighted by Crippen LogP contribution is -2.36. The van der Waals surface area contributed by atoms with Gasteiger partial charge in [-0.05, 0) is 56.6 Å². The Kier molecular flexibility index (Phi) is 7.68. The summed E-state index contributed by atoms with van der Waals surface area (Å²) in [5, 5.41) is 0.606. The minimum Gasteiger partial charge on any atom is -0.497 e. The Labute approximate surface area is 202 Å². The molecular weight excluding hydrogens is 464 g/mol. The maximum atomic E-state index is 13.4. The van der Waals surface area contributed by atoms with Crippen LogP contribution in [0.1, 0.15) is 23.2 Å². The first-order valence-corrected chi connectivity index (χ1v) is 11.1. The highest BCUT2D eigenvalue weighted by Crippen LogP contribution is 2.32. The number of thiazole rings is 1. The molecule has 2 heterocycles. The fraction of sp³-hybridized carbons (Fsp3) is 0.304. The Bertz CT molecular complexity index is 1160. The number of ether oxygens (including phenoxy) is 1. The van der Waals surface area contributed by atoms with Gasteiger partial charge in [0.1, 0.15) is 5.75 Å². The molecule has 8 nitrogen and oxygen atoms in total. The topological polar surface area (TPSA) is 83.1 Å². The number of carbonyl (C=O) groups excluding carboxylic acids is 3. The lowest BCUT2D eigenvalue weighted by atomic mass is 10.1. The summed E-state index contributed by atoms with van der Waals surface area (Å²) in [6.07, 6.45) is 0.445. The molecule has 0 N–H and O–H groups in total. The van der Waals surface area contributed by atoms with E-state index in [0.29, 0.717) is 29.5 Å². The van der Waals surface area contributed by atoms with Crippen molar-refractivity contribution in [2.75, 3.05) is 44.1 Å². The van der Waals surface area contributed by atoms with Crippen LogP contribution < -0.4 is 14.5 Å². The van der Waals surface area contributed by atoms with Crippen LogP contribution in [0.2, 0.25) is 0 Å². The average molecular weight is 489 g/mol. The van der Waals surface area contributed by atoms with Crippen molar-refractivity contribution in [3.05, 3.63) is 48.0 Å². The number of fused-ring (bicyclic) bond motifs is 1. The Morgan fingerprint density at radius 1 is 1.06 bits per heavy atom. The largest absolute Gasteiger partial charge is 0.497 e. The number of carbonyl (C=O) groups is 3. The summed E-state index contributed by atoms with van der Waals surface area (Å²) in [6, 6.07) is 12.2. The maximum Gasteiger partial charge on any atom is 0.260 e. The zero-order valence-electron chi connectivity index (χ0n) is 18.6. The number of methoxy groups -OCH3 is 1. The molecule has 0 unspecified atom stereocenters. The molecule has 174 valence electrons. The van der Waals surface area contributed by atoms with E-state index in [2.05, 4.69) is 4.98 Å². The minimum atomic E-state index is -0.216. The van der Waals surface area contributed by atoms with Gasteiger partial charge in [0.15, 0.2) is 5.13 Å². The molecule has 4 rings (SSSR count). The summed E-state index contributed by atoms with van der Waals surface area (Å²) in [5.41, 5.74) is 1.75. The molecule has 1 aromatic heterocycles. The standard InChI is InChI=1S/C23H24N4O4S.ClH/c1-25(2)12-13-26(23-24-18-9-8-17(31-3)14-19(18)32-23)22(30)15-4-6-16(7-5-15)27-20(28)10-11-21(27)29;/h4-9,14H,10-13H2,1-3H3;1H. The Morgan fingerprint density at radius 2 is 1.73 bits per heavy atom. The first-order chi connectivity index (χ1) is 15.4. The van der Waals surface area contributed by atoms with E-state index in [1.165, 1.54) is 16.2 Å². The number of amides is 3. The SMILES string of the molecule is COc1ccc2nc(N(CCN(C)C)C(=O)c3ccc(N4C(=O)CCC4=O)cc3)sc2c1.Cl. The van der Waals surface area contributed by atoms with Crippen LogP contribution in [-0.2, 0) is 9.59 Å². The number of halogens is 1. The molecular formula is C23H25ClN4O4S. The molecule has 1 aliphatic heterocycles. The van der Waals surface area contributed by atoms with E-state index in [9.17, 15) is 14.4 Å². The molecule has 0 atom stereocenters. The first-order valence-electron chi connectivity index (χ1n) is 10.2. The number of imide groups is 1. The van der Waals surface area contributed by atoms with E-state index in [1.807, 2.05) is 37.2 Å². The van der Waals surface area contributed by atoms with Gasteiger partial charge in [-0.1, -0.05) is 11.3 Å². The molecule has 3 aromatic rings. The third kappa shape index (κ3) is 5.16. The normalized spacial score (nSPS) is 13.5. The number of hydrogen-bond donors (Lipinski definition) is 0. The van der Waals surface area contributed by atoms with Crippen molar-refractivity contribution in [2.24, 2.45) is 0 Å². The predicted molar refractivity (Wildman–Crippen MR) is 132 cm³/mol. The highest BCUT2D eigenvalue weighted by molar-refractivity contribution is 7.22. The van der Waals surface area contributed by atoms with Crippen molar-refractivity contribution < 1.29 is 19.1 Å². The molecule has 1 fully saturated rings. The van der Waals surface area contributed by atoms with Gasteiger partial charge in [0, 0.05) is 31.5 Å². The van der Waals surface area contributed by atoms with Gasteiger partial charge in [-0.25, -0.2) is 4.98 Å². The van der Waals surface area contributed by atoms with E-state index in [4.69, 9.17) is 4.74 Å². The van der Waals surface area contributed by atoms with Crippen LogP contribution in [-0.4, -0.2) is 61.9 Å². The molecule has 0 bridgehead atoms. The molecule has 0 radical (unpaired) electrons. The number of rotatable bonds is 7. The van der Waals surface area contributed by atoms with Gasteiger partial charge >= 0.3 is 0 Å². The van der Waals surface area contributed by atoms with Gasteiger partial charge < -0.3 is 9.64 Å². The van der Waals surface area contributed by atoms with Crippen LogP contribution in [0.4, 0.5) is 10.8 Å². The fourth-order valence-electron chi connectivity index (χ4n) is 3.49. The van der Waals surface area contributed by atoms with Gasteiger partial charge in [0.25, 0.3) is 5.91 Å². The zero-order chi connectivity index (χ0) is 22.8. The van der Waals surface area contributed by atoms with Gasteiger partial charge in [-0.3, -0.25) is 24.2 Å². The van der Waals surface area contributed by atoms with Gasteiger partial charge in [0.2, 0.25) is 11.8 Å². The molecule has 10 heteroatoms.